The lowest BCUT2D eigenvalue weighted by Crippen LogP contribution is -2.52. The highest BCUT2D eigenvalue weighted by Crippen LogP contribution is 2.45. The van der Waals surface area contributed by atoms with Crippen LogP contribution in [0.3, 0.4) is 0 Å². The Balaban J connectivity index is 1.10. The molecule has 0 amide bonds. The largest absolute Gasteiger partial charge is 0.384 e. The Hall–Kier alpha value is -3.47. The third-order valence-corrected chi connectivity index (χ3v) is 9.00. The van der Waals surface area contributed by atoms with Gasteiger partial charge in [0, 0.05) is 63.1 Å². The number of hydrogen-bond acceptors (Lipinski definition) is 8. The lowest BCUT2D eigenvalue weighted by Gasteiger charge is -2.42. The SMILES string of the molecule is CN1CCN(C2CCN(c3ccc(Nc4ncc5c(F)c(C6CC6)n(-c6cccc(N)n6)c5n4)cc3Cl)CC2)CC1. The van der Waals surface area contributed by atoms with Crippen molar-refractivity contribution in [3.63, 3.8) is 0 Å². The van der Waals surface area contributed by atoms with Crippen LogP contribution in [0.2, 0.25) is 5.02 Å². The second-order valence-electron chi connectivity index (χ2n) is 11.5. The number of nitrogens with one attached hydrogen (secondary N) is 1. The van der Waals surface area contributed by atoms with Gasteiger partial charge in [-0.3, -0.25) is 9.47 Å². The van der Waals surface area contributed by atoms with Crippen LogP contribution in [-0.4, -0.2) is 81.7 Å². The standard InChI is InChI=1S/C30H35ClFN9/c1-38-13-15-39(16-14-38)21-9-11-40(12-10-21)24-8-7-20(17-23(24)31)35-30-34-18-22-27(32)28(19-5-6-19)41(29(22)37-30)26-4-2-3-25(33)36-26/h2-4,7-8,17-19,21H,5-6,9-16H2,1H3,(H2,33,36)(H,34,35,37). The van der Waals surface area contributed by atoms with Gasteiger partial charge in [0.1, 0.15) is 11.6 Å². The first-order valence-corrected chi connectivity index (χ1v) is 14.9. The van der Waals surface area contributed by atoms with Crippen molar-refractivity contribution in [3.8, 4) is 5.82 Å². The molecule has 214 valence electrons. The Morgan fingerprint density at radius 2 is 1.76 bits per heavy atom. The molecule has 5 heterocycles. The molecule has 4 aromatic rings. The van der Waals surface area contributed by atoms with Crippen molar-refractivity contribution in [2.75, 3.05) is 62.3 Å². The van der Waals surface area contributed by atoms with Crippen molar-refractivity contribution in [3.05, 3.63) is 59.1 Å². The summed E-state index contributed by atoms with van der Waals surface area (Å²) in [6.45, 7) is 6.60. The minimum absolute atomic E-state index is 0.141. The summed E-state index contributed by atoms with van der Waals surface area (Å²) < 4.78 is 17.3. The molecule has 2 aliphatic heterocycles. The number of aromatic nitrogens is 4. The highest BCUT2D eigenvalue weighted by molar-refractivity contribution is 6.33. The number of benzene rings is 1. The molecule has 1 saturated carbocycles. The molecule has 0 radical (unpaired) electrons. The molecule has 3 aliphatic rings. The first-order chi connectivity index (χ1) is 19.9. The summed E-state index contributed by atoms with van der Waals surface area (Å²) >= 11 is 6.80. The van der Waals surface area contributed by atoms with E-state index in [2.05, 4.69) is 43.1 Å². The summed E-state index contributed by atoms with van der Waals surface area (Å²) in [7, 11) is 2.20. The summed E-state index contributed by atoms with van der Waals surface area (Å²) in [5.74, 6) is 1.13. The van der Waals surface area contributed by atoms with Gasteiger partial charge in [0.25, 0.3) is 0 Å². The van der Waals surface area contributed by atoms with E-state index in [1.807, 2.05) is 24.3 Å². The molecule has 3 aromatic heterocycles. The smallest absolute Gasteiger partial charge is 0.229 e. The number of nitrogen functional groups attached to an aromatic ring is 1. The zero-order valence-electron chi connectivity index (χ0n) is 23.2. The van der Waals surface area contributed by atoms with Gasteiger partial charge in [0.05, 0.1) is 21.8 Å². The lowest BCUT2D eigenvalue weighted by atomic mass is 10.0. The minimum atomic E-state index is -0.290. The van der Waals surface area contributed by atoms with Gasteiger partial charge in [-0.05, 0) is 63.1 Å². The molecule has 7 rings (SSSR count). The van der Waals surface area contributed by atoms with Crippen molar-refractivity contribution in [2.24, 2.45) is 0 Å². The molecule has 1 aromatic carbocycles. The van der Waals surface area contributed by atoms with E-state index < -0.39 is 0 Å². The van der Waals surface area contributed by atoms with Gasteiger partial charge in [-0.1, -0.05) is 17.7 Å². The number of anilines is 4. The van der Waals surface area contributed by atoms with E-state index in [1.54, 1.807) is 10.6 Å². The van der Waals surface area contributed by atoms with Crippen LogP contribution in [0, 0.1) is 5.82 Å². The summed E-state index contributed by atoms with van der Waals surface area (Å²) in [6, 6.07) is 12.0. The maximum atomic E-state index is 15.5. The van der Waals surface area contributed by atoms with Gasteiger partial charge in [0.2, 0.25) is 5.95 Å². The third-order valence-electron chi connectivity index (χ3n) is 8.70. The fourth-order valence-electron chi connectivity index (χ4n) is 6.25. The third kappa shape index (κ3) is 5.20. The van der Waals surface area contributed by atoms with E-state index in [1.165, 1.54) is 6.20 Å². The number of piperazine rings is 1. The van der Waals surface area contributed by atoms with Crippen LogP contribution in [0.15, 0.2) is 42.6 Å². The number of pyridine rings is 1. The molecule has 3 fully saturated rings. The molecule has 1 aliphatic carbocycles. The Morgan fingerprint density at radius 1 is 0.976 bits per heavy atom. The number of nitrogens with zero attached hydrogens (tertiary/aromatic N) is 7. The second-order valence-corrected chi connectivity index (χ2v) is 11.9. The average molecular weight is 576 g/mol. The van der Waals surface area contributed by atoms with Crippen LogP contribution in [0.4, 0.5) is 27.5 Å². The van der Waals surface area contributed by atoms with Crippen molar-refractivity contribution < 1.29 is 4.39 Å². The molecule has 0 spiro atoms. The first-order valence-electron chi connectivity index (χ1n) is 14.5. The highest BCUT2D eigenvalue weighted by Gasteiger charge is 2.34. The molecule has 11 heteroatoms. The van der Waals surface area contributed by atoms with E-state index in [-0.39, 0.29) is 11.7 Å². The number of nitrogens with two attached hydrogens (primary N) is 1. The zero-order valence-corrected chi connectivity index (χ0v) is 24.0. The number of halogens is 2. The van der Waals surface area contributed by atoms with E-state index in [0.717, 1.165) is 76.3 Å². The van der Waals surface area contributed by atoms with Crippen molar-refractivity contribution in [2.45, 2.75) is 37.6 Å². The molecule has 0 atom stereocenters. The van der Waals surface area contributed by atoms with Gasteiger partial charge in [-0.15, -0.1) is 0 Å². The zero-order chi connectivity index (χ0) is 28.1. The van der Waals surface area contributed by atoms with Crippen LogP contribution >= 0.6 is 11.6 Å². The maximum absolute atomic E-state index is 15.5. The normalized spacial score (nSPS) is 19.2. The lowest BCUT2D eigenvalue weighted by molar-refractivity contribution is 0.0982. The van der Waals surface area contributed by atoms with Crippen LogP contribution in [0.1, 0.15) is 37.3 Å². The maximum Gasteiger partial charge on any atom is 0.229 e. The van der Waals surface area contributed by atoms with Crippen molar-refractivity contribution in [1.82, 2.24) is 29.3 Å². The van der Waals surface area contributed by atoms with Gasteiger partial charge >= 0.3 is 0 Å². The highest BCUT2D eigenvalue weighted by atomic mass is 35.5. The number of likely N-dealkylation sites (N-methyl/N-ethyl adjacent to an activating group) is 1. The fourth-order valence-corrected chi connectivity index (χ4v) is 6.55. The number of rotatable bonds is 6. The minimum Gasteiger partial charge on any atom is -0.384 e. The first kappa shape index (κ1) is 26.4. The summed E-state index contributed by atoms with van der Waals surface area (Å²) in [4.78, 5) is 21.1. The van der Waals surface area contributed by atoms with E-state index in [0.29, 0.717) is 45.4 Å². The quantitative estimate of drug-likeness (QED) is 0.331. The molecule has 3 N–H and O–H groups in total. The van der Waals surface area contributed by atoms with E-state index >= 15 is 4.39 Å². The predicted molar refractivity (Wildman–Crippen MR) is 162 cm³/mol. The molecule has 0 unspecified atom stereocenters. The monoisotopic (exact) mass is 575 g/mol. The topological polar surface area (TPSA) is 91.4 Å². The van der Waals surface area contributed by atoms with Gasteiger partial charge in [-0.25, -0.2) is 14.4 Å². The Morgan fingerprint density at radius 3 is 2.46 bits per heavy atom. The number of hydrogen-bond donors (Lipinski definition) is 2. The molecular weight excluding hydrogens is 541 g/mol. The number of fused-ring (bicyclic) bond motifs is 1. The average Bonchev–Trinajstić information content (AvgIpc) is 3.77. The number of piperidine rings is 1. The summed E-state index contributed by atoms with van der Waals surface area (Å²) in [6.07, 6.45) is 5.71. The molecule has 9 nitrogen and oxygen atoms in total. The Bertz CT molecular complexity index is 1570. The Kier molecular flexibility index (Phi) is 6.92. The fraction of sp³-hybridized carbons (Fsp3) is 0.433. The van der Waals surface area contributed by atoms with Crippen LogP contribution in [0.5, 0.6) is 0 Å². The van der Waals surface area contributed by atoms with Gasteiger partial charge in [-0.2, -0.15) is 4.98 Å². The van der Waals surface area contributed by atoms with Crippen LogP contribution < -0.4 is 16.0 Å². The summed E-state index contributed by atoms with van der Waals surface area (Å²) in [5, 5.41) is 4.32. The van der Waals surface area contributed by atoms with Gasteiger partial charge in [0.15, 0.2) is 11.5 Å². The Labute approximate surface area is 244 Å². The van der Waals surface area contributed by atoms with E-state index in [4.69, 9.17) is 22.3 Å². The summed E-state index contributed by atoms with van der Waals surface area (Å²) in [5.41, 5.74) is 8.83. The van der Waals surface area contributed by atoms with Crippen molar-refractivity contribution >= 4 is 45.8 Å². The predicted octanol–water partition coefficient (Wildman–Crippen LogP) is 5.03. The second kappa shape index (κ2) is 10.7. The molecular formula is C30H35ClFN9. The van der Waals surface area contributed by atoms with Gasteiger partial charge < -0.3 is 20.9 Å². The van der Waals surface area contributed by atoms with Crippen LogP contribution in [0.25, 0.3) is 16.9 Å². The molecule has 41 heavy (non-hydrogen) atoms. The van der Waals surface area contributed by atoms with Crippen molar-refractivity contribution in [1.29, 1.82) is 0 Å². The van der Waals surface area contributed by atoms with Crippen LogP contribution in [-0.2, 0) is 0 Å². The molecule has 2 saturated heterocycles. The van der Waals surface area contributed by atoms with E-state index in [9.17, 15) is 0 Å². The molecule has 0 bridgehead atoms.